The van der Waals surface area contributed by atoms with E-state index in [2.05, 4.69) is 10.5 Å². The molecule has 1 N–H and O–H groups in total. The molecular formula is C21H21N3O4. The molecule has 0 aliphatic rings. The van der Waals surface area contributed by atoms with Crippen molar-refractivity contribution in [2.75, 3.05) is 30.9 Å². The van der Waals surface area contributed by atoms with E-state index in [1.807, 2.05) is 56.3 Å². The summed E-state index contributed by atoms with van der Waals surface area (Å²) < 4.78 is 10.2. The molecule has 0 radical (unpaired) electrons. The van der Waals surface area contributed by atoms with Gasteiger partial charge in [-0.05, 0) is 25.1 Å². The van der Waals surface area contributed by atoms with Gasteiger partial charge in [0, 0.05) is 31.4 Å². The fourth-order valence-electron chi connectivity index (χ4n) is 2.49. The molecule has 1 amide bonds. The molecule has 0 aliphatic carbocycles. The van der Waals surface area contributed by atoms with Crippen molar-refractivity contribution in [3.05, 3.63) is 65.7 Å². The Morgan fingerprint density at radius 3 is 2.57 bits per heavy atom. The van der Waals surface area contributed by atoms with Crippen LogP contribution in [0.5, 0.6) is 0 Å². The number of hydrogen-bond donors (Lipinski definition) is 1. The Morgan fingerprint density at radius 2 is 1.86 bits per heavy atom. The maximum absolute atomic E-state index is 12.1. The number of nitrogens with zero attached hydrogens (tertiary/aromatic N) is 2. The number of carbonyl (C=O) groups excluding carboxylic acids is 2. The normalized spacial score (nSPS) is 10.4. The summed E-state index contributed by atoms with van der Waals surface area (Å²) in [7, 11) is 3.75. The van der Waals surface area contributed by atoms with Gasteiger partial charge in [0.05, 0.1) is 5.56 Å². The predicted octanol–water partition coefficient (Wildman–Crippen LogP) is 3.51. The zero-order valence-corrected chi connectivity index (χ0v) is 15.9. The van der Waals surface area contributed by atoms with Gasteiger partial charge in [-0.15, -0.1) is 0 Å². The largest absolute Gasteiger partial charge is 0.452 e. The lowest BCUT2D eigenvalue weighted by molar-refractivity contribution is -0.119. The number of amides is 1. The van der Waals surface area contributed by atoms with E-state index in [4.69, 9.17) is 9.26 Å². The van der Waals surface area contributed by atoms with Gasteiger partial charge < -0.3 is 14.2 Å². The lowest BCUT2D eigenvalue weighted by Crippen LogP contribution is -2.20. The summed E-state index contributed by atoms with van der Waals surface area (Å²) >= 11 is 0. The van der Waals surface area contributed by atoms with Crippen LogP contribution in [0.1, 0.15) is 15.9 Å². The van der Waals surface area contributed by atoms with E-state index in [9.17, 15) is 9.59 Å². The van der Waals surface area contributed by atoms with Crippen LogP contribution in [0.25, 0.3) is 11.3 Å². The van der Waals surface area contributed by atoms with Crippen LogP contribution in [0.3, 0.4) is 0 Å². The second-order valence-electron chi connectivity index (χ2n) is 6.51. The Balaban J connectivity index is 1.55. The van der Waals surface area contributed by atoms with Gasteiger partial charge in [0.1, 0.15) is 5.69 Å². The average Bonchev–Trinajstić information content (AvgIpc) is 3.15. The van der Waals surface area contributed by atoms with Crippen LogP contribution in [-0.2, 0) is 9.53 Å². The highest BCUT2D eigenvalue weighted by Crippen LogP contribution is 2.22. The molecule has 3 rings (SSSR count). The third-order valence-corrected chi connectivity index (χ3v) is 4.05. The smallest absolute Gasteiger partial charge is 0.338 e. The minimum Gasteiger partial charge on any atom is -0.452 e. The molecule has 2 aromatic carbocycles. The zero-order valence-electron chi connectivity index (χ0n) is 15.9. The van der Waals surface area contributed by atoms with Crippen molar-refractivity contribution in [3.8, 4) is 11.3 Å². The molecule has 3 aromatic rings. The summed E-state index contributed by atoms with van der Waals surface area (Å²) in [5.74, 6) is -0.897. The Kier molecular flexibility index (Phi) is 5.74. The van der Waals surface area contributed by atoms with Gasteiger partial charge in [-0.1, -0.05) is 41.1 Å². The standard InChI is InChI=1S/C21H21N3O4/c1-14-7-9-15(10-8-14)18-12-20(28-23-18)22-19(25)13-27-21(26)16-5-4-6-17(11-16)24(2)3/h4-12H,13H2,1-3H3,(H,22,25). The number of ether oxygens (including phenoxy) is 1. The fourth-order valence-corrected chi connectivity index (χ4v) is 2.49. The van der Waals surface area contributed by atoms with E-state index in [0.29, 0.717) is 11.3 Å². The van der Waals surface area contributed by atoms with Crippen molar-refractivity contribution in [1.29, 1.82) is 0 Å². The van der Waals surface area contributed by atoms with E-state index in [1.54, 1.807) is 24.3 Å². The van der Waals surface area contributed by atoms with E-state index >= 15 is 0 Å². The van der Waals surface area contributed by atoms with Crippen LogP contribution in [-0.4, -0.2) is 37.7 Å². The van der Waals surface area contributed by atoms with E-state index in [0.717, 1.165) is 16.8 Å². The molecule has 144 valence electrons. The number of esters is 1. The first kappa shape index (κ1) is 19.2. The maximum Gasteiger partial charge on any atom is 0.338 e. The molecule has 0 atom stereocenters. The third kappa shape index (κ3) is 4.76. The lowest BCUT2D eigenvalue weighted by Gasteiger charge is -2.13. The SMILES string of the molecule is Cc1ccc(-c2cc(NC(=O)COC(=O)c3cccc(N(C)C)c3)on2)cc1. The second kappa shape index (κ2) is 8.39. The molecule has 28 heavy (non-hydrogen) atoms. The average molecular weight is 379 g/mol. The van der Waals surface area contributed by atoms with Gasteiger partial charge in [-0.3, -0.25) is 10.1 Å². The van der Waals surface area contributed by atoms with E-state index < -0.39 is 18.5 Å². The van der Waals surface area contributed by atoms with Crippen LogP contribution in [0.2, 0.25) is 0 Å². The van der Waals surface area contributed by atoms with Gasteiger partial charge in [-0.2, -0.15) is 0 Å². The topological polar surface area (TPSA) is 84.7 Å². The molecule has 7 nitrogen and oxygen atoms in total. The summed E-state index contributed by atoms with van der Waals surface area (Å²) in [5, 5.41) is 6.46. The van der Waals surface area contributed by atoms with Crippen molar-refractivity contribution in [3.63, 3.8) is 0 Å². The Hall–Kier alpha value is -3.61. The van der Waals surface area contributed by atoms with Crippen LogP contribution >= 0.6 is 0 Å². The minimum atomic E-state index is -0.572. The van der Waals surface area contributed by atoms with Crippen LogP contribution in [0.4, 0.5) is 11.6 Å². The summed E-state index contributed by atoms with van der Waals surface area (Å²) in [4.78, 5) is 26.0. The van der Waals surface area contributed by atoms with Crippen molar-refractivity contribution < 1.29 is 18.8 Å². The number of nitrogens with one attached hydrogen (secondary N) is 1. The molecule has 0 spiro atoms. The summed E-state index contributed by atoms with van der Waals surface area (Å²) in [6.07, 6.45) is 0. The highest BCUT2D eigenvalue weighted by molar-refractivity contribution is 5.95. The summed E-state index contributed by atoms with van der Waals surface area (Å²) in [6, 6.07) is 16.4. The minimum absolute atomic E-state index is 0.186. The van der Waals surface area contributed by atoms with E-state index in [-0.39, 0.29) is 5.88 Å². The number of carbonyl (C=O) groups is 2. The number of aryl methyl sites for hydroxylation is 1. The highest BCUT2D eigenvalue weighted by Gasteiger charge is 2.13. The monoisotopic (exact) mass is 379 g/mol. The fraction of sp³-hybridized carbons (Fsp3) is 0.190. The molecule has 0 aliphatic heterocycles. The zero-order chi connectivity index (χ0) is 20.1. The van der Waals surface area contributed by atoms with Gasteiger partial charge in [0.2, 0.25) is 5.88 Å². The van der Waals surface area contributed by atoms with Gasteiger partial charge >= 0.3 is 5.97 Å². The first-order chi connectivity index (χ1) is 13.4. The third-order valence-electron chi connectivity index (χ3n) is 4.05. The Labute approximate surface area is 162 Å². The van der Waals surface area contributed by atoms with Crippen LogP contribution in [0, 0.1) is 6.92 Å². The quantitative estimate of drug-likeness (QED) is 0.660. The number of rotatable bonds is 6. The van der Waals surface area contributed by atoms with Crippen molar-refractivity contribution in [1.82, 2.24) is 5.16 Å². The van der Waals surface area contributed by atoms with E-state index in [1.165, 1.54) is 0 Å². The molecule has 0 bridgehead atoms. The first-order valence-electron chi connectivity index (χ1n) is 8.70. The van der Waals surface area contributed by atoms with Crippen molar-refractivity contribution in [2.45, 2.75) is 6.92 Å². The van der Waals surface area contributed by atoms with Crippen LogP contribution < -0.4 is 10.2 Å². The molecule has 1 aromatic heterocycles. The Bertz CT molecular complexity index is 977. The number of anilines is 2. The van der Waals surface area contributed by atoms with Gasteiger partial charge in [-0.25, -0.2) is 4.79 Å². The number of benzene rings is 2. The molecule has 7 heteroatoms. The Morgan fingerprint density at radius 1 is 1.11 bits per heavy atom. The molecular weight excluding hydrogens is 358 g/mol. The highest BCUT2D eigenvalue weighted by atomic mass is 16.5. The molecule has 0 unspecified atom stereocenters. The maximum atomic E-state index is 12.1. The molecule has 0 saturated heterocycles. The summed E-state index contributed by atoms with van der Waals surface area (Å²) in [5.41, 5.74) is 3.86. The van der Waals surface area contributed by atoms with Crippen LogP contribution in [0.15, 0.2) is 59.1 Å². The van der Waals surface area contributed by atoms with Crippen molar-refractivity contribution >= 4 is 23.4 Å². The lowest BCUT2D eigenvalue weighted by atomic mass is 10.1. The number of aromatic nitrogens is 1. The predicted molar refractivity (Wildman–Crippen MR) is 106 cm³/mol. The number of hydrogen-bond acceptors (Lipinski definition) is 6. The van der Waals surface area contributed by atoms with Gasteiger partial charge in [0.15, 0.2) is 6.61 Å². The second-order valence-corrected chi connectivity index (χ2v) is 6.51. The molecule has 0 saturated carbocycles. The first-order valence-corrected chi connectivity index (χ1v) is 8.70. The molecule has 0 fully saturated rings. The molecule has 1 heterocycles. The summed E-state index contributed by atoms with van der Waals surface area (Å²) in [6.45, 7) is 1.57. The van der Waals surface area contributed by atoms with Gasteiger partial charge in [0.25, 0.3) is 5.91 Å². The van der Waals surface area contributed by atoms with Crippen molar-refractivity contribution in [2.24, 2.45) is 0 Å².